The smallest absolute Gasteiger partial charge is 0.157 e. The molecule has 0 unspecified atom stereocenters. The van der Waals surface area contributed by atoms with Crippen molar-refractivity contribution in [2.45, 2.75) is 62.2 Å². The molecule has 4 heteroatoms. The number of allylic oxidation sites excluding steroid dienone is 2. The molecule has 0 aliphatic carbocycles. The lowest BCUT2D eigenvalue weighted by atomic mass is 10.1. The second kappa shape index (κ2) is 9.39. The quantitative estimate of drug-likeness (QED) is 0.471. The van der Waals surface area contributed by atoms with E-state index in [4.69, 9.17) is 9.47 Å². The van der Waals surface area contributed by atoms with Crippen LogP contribution in [-0.2, 0) is 9.47 Å². The van der Waals surface area contributed by atoms with E-state index in [-0.39, 0.29) is 6.29 Å². The standard InChI is InChI=1S/C16H28O2S2/c1-2-3-4-5-9-16(19-13-7-14-20-16)10-6-8-15-17-11-12-18-15/h2-3,15H,4-14H2,1H3/b3-2+. The molecule has 0 atom stereocenters. The Morgan fingerprint density at radius 3 is 2.50 bits per heavy atom. The minimum absolute atomic E-state index is 0.0775. The zero-order valence-electron chi connectivity index (χ0n) is 12.6. The van der Waals surface area contributed by atoms with Crippen molar-refractivity contribution in [2.24, 2.45) is 0 Å². The molecular formula is C16H28O2S2. The van der Waals surface area contributed by atoms with Crippen molar-refractivity contribution in [3.63, 3.8) is 0 Å². The third kappa shape index (κ3) is 5.63. The van der Waals surface area contributed by atoms with E-state index in [0.29, 0.717) is 4.08 Å². The highest BCUT2D eigenvalue weighted by Gasteiger charge is 2.33. The maximum Gasteiger partial charge on any atom is 0.157 e. The molecule has 0 bridgehead atoms. The van der Waals surface area contributed by atoms with Crippen molar-refractivity contribution < 1.29 is 9.47 Å². The average Bonchev–Trinajstić information content (AvgIpc) is 2.98. The highest BCUT2D eigenvalue weighted by atomic mass is 32.2. The monoisotopic (exact) mass is 316 g/mol. The number of hydrogen-bond donors (Lipinski definition) is 0. The molecule has 0 radical (unpaired) electrons. The lowest BCUT2D eigenvalue weighted by Gasteiger charge is -2.36. The van der Waals surface area contributed by atoms with Crippen molar-refractivity contribution in [1.29, 1.82) is 0 Å². The van der Waals surface area contributed by atoms with Crippen LogP contribution in [-0.4, -0.2) is 35.1 Å². The maximum atomic E-state index is 5.54. The van der Waals surface area contributed by atoms with E-state index in [9.17, 15) is 0 Å². The van der Waals surface area contributed by atoms with Gasteiger partial charge in [0.25, 0.3) is 0 Å². The van der Waals surface area contributed by atoms with Gasteiger partial charge in [-0.2, -0.15) is 0 Å². The van der Waals surface area contributed by atoms with E-state index >= 15 is 0 Å². The average molecular weight is 317 g/mol. The van der Waals surface area contributed by atoms with Crippen molar-refractivity contribution in [2.75, 3.05) is 24.7 Å². The molecule has 2 fully saturated rings. The molecule has 116 valence electrons. The maximum absolute atomic E-state index is 5.54. The number of hydrogen-bond acceptors (Lipinski definition) is 4. The molecule has 2 aliphatic rings. The van der Waals surface area contributed by atoms with Gasteiger partial charge in [-0.3, -0.25) is 0 Å². The molecule has 0 aromatic carbocycles. The summed E-state index contributed by atoms with van der Waals surface area (Å²) in [6, 6.07) is 0. The van der Waals surface area contributed by atoms with Crippen LogP contribution in [0.2, 0.25) is 0 Å². The molecule has 0 N–H and O–H groups in total. The largest absolute Gasteiger partial charge is 0.350 e. The van der Waals surface area contributed by atoms with Gasteiger partial charge in [-0.1, -0.05) is 12.2 Å². The summed E-state index contributed by atoms with van der Waals surface area (Å²) in [6.07, 6.45) is 13.4. The molecule has 0 aromatic heterocycles. The third-order valence-corrected chi connectivity index (χ3v) is 7.43. The molecular weight excluding hydrogens is 288 g/mol. The van der Waals surface area contributed by atoms with Gasteiger partial charge in [-0.15, -0.1) is 23.5 Å². The van der Waals surface area contributed by atoms with Crippen LogP contribution in [0.3, 0.4) is 0 Å². The Labute approximate surface area is 132 Å². The third-order valence-electron chi connectivity index (χ3n) is 3.87. The van der Waals surface area contributed by atoms with Crippen LogP contribution in [0.25, 0.3) is 0 Å². The number of ether oxygens (including phenoxy) is 2. The van der Waals surface area contributed by atoms with Gasteiger partial charge in [0.05, 0.1) is 17.3 Å². The van der Waals surface area contributed by atoms with Gasteiger partial charge in [0.2, 0.25) is 0 Å². The van der Waals surface area contributed by atoms with Gasteiger partial charge in [-0.25, -0.2) is 0 Å². The molecule has 0 aromatic rings. The Bertz CT molecular complexity index is 282. The summed E-state index contributed by atoms with van der Waals surface area (Å²) in [6.45, 7) is 3.67. The Kier molecular flexibility index (Phi) is 7.85. The van der Waals surface area contributed by atoms with Gasteiger partial charge in [0.15, 0.2) is 6.29 Å². The minimum atomic E-state index is 0.0775. The zero-order valence-corrected chi connectivity index (χ0v) is 14.3. The fourth-order valence-electron chi connectivity index (χ4n) is 2.80. The predicted octanol–water partition coefficient (Wildman–Crippen LogP) is 4.84. The topological polar surface area (TPSA) is 18.5 Å². The molecule has 2 heterocycles. The first-order valence-corrected chi connectivity index (χ1v) is 9.94. The van der Waals surface area contributed by atoms with Crippen LogP contribution < -0.4 is 0 Å². The molecule has 20 heavy (non-hydrogen) atoms. The number of unbranched alkanes of at least 4 members (excludes halogenated alkanes) is 1. The summed E-state index contributed by atoms with van der Waals surface area (Å²) in [5, 5.41) is 0. The van der Waals surface area contributed by atoms with E-state index in [0.717, 1.165) is 19.6 Å². The second-order valence-electron chi connectivity index (χ2n) is 5.49. The van der Waals surface area contributed by atoms with E-state index in [1.165, 1.54) is 50.0 Å². The fraction of sp³-hybridized carbons (Fsp3) is 0.875. The number of thioether (sulfide) groups is 2. The Morgan fingerprint density at radius 1 is 1.10 bits per heavy atom. The van der Waals surface area contributed by atoms with Gasteiger partial charge in [0.1, 0.15) is 0 Å². The molecule has 2 aliphatic heterocycles. The normalized spacial score (nSPS) is 23.6. The Balaban J connectivity index is 1.72. The van der Waals surface area contributed by atoms with Crippen molar-refractivity contribution in [3.05, 3.63) is 12.2 Å². The summed E-state index contributed by atoms with van der Waals surface area (Å²) < 4.78 is 11.6. The van der Waals surface area contributed by atoms with Gasteiger partial charge < -0.3 is 9.47 Å². The molecule has 0 saturated carbocycles. The lowest BCUT2D eigenvalue weighted by molar-refractivity contribution is -0.0480. The molecule has 2 rings (SSSR count). The summed E-state index contributed by atoms with van der Waals surface area (Å²) in [5.41, 5.74) is 0. The first-order valence-electron chi connectivity index (χ1n) is 7.97. The SMILES string of the molecule is C/C=C/CCCC1(CCCC2OCCO2)SCCCS1. The first kappa shape index (κ1) is 16.7. The zero-order chi connectivity index (χ0) is 14.1. The van der Waals surface area contributed by atoms with Gasteiger partial charge in [-0.05, 0) is 63.4 Å². The van der Waals surface area contributed by atoms with E-state index in [1.54, 1.807) is 0 Å². The molecule has 2 nitrogen and oxygen atoms in total. The summed E-state index contributed by atoms with van der Waals surface area (Å²) >= 11 is 4.42. The van der Waals surface area contributed by atoms with E-state index in [2.05, 4.69) is 42.6 Å². The van der Waals surface area contributed by atoms with Crippen LogP contribution in [0, 0.1) is 0 Å². The van der Waals surface area contributed by atoms with Crippen molar-refractivity contribution in [1.82, 2.24) is 0 Å². The second-order valence-corrected chi connectivity index (χ2v) is 8.70. The molecule has 2 saturated heterocycles. The summed E-state index contributed by atoms with van der Waals surface area (Å²) in [5.74, 6) is 2.68. The highest BCUT2D eigenvalue weighted by molar-refractivity contribution is 8.18. The minimum Gasteiger partial charge on any atom is -0.350 e. The van der Waals surface area contributed by atoms with E-state index in [1.807, 2.05) is 0 Å². The van der Waals surface area contributed by atoms with Crippen molar-refractivity contribution in [3.8, 4) is 0 Å². The Morgan fingerprint density at radius 2 is 1.80 bits per heavy atom. The highest BCUT2D eigenvalue weighted by Crippen LogP contribution is 2.49. The number of rotatable bonds is 8. The van der Waals surface area contributed by atoms with Crippen LogP contribution in [0.15, 0.2) is 12.2 Å². The van der Waals surface area contributed by atoms with Gasteiger partial charge >= 0.3 is 0 Å². The predicted molar refractivity (Wildman–Crippen MR) is 90.5 cm³/mol. The fourth-order valence-corrected chi connectivity index (χ4v) is 6.29. The lowest BCUT2D eigenvalue weighted by Crippen LogP contribution is -2.25. The summed E-state index contributed by atoms with van der Waals surface area (Å²) in [7, 11) is 0. The summed E-state index contributed by atoms with van der Waals surface area (Å²) in [4.78, 5) is 0. The molecule has 0 amide bonds. The molecule has 0 spiro atoms. The van der Waals surface area contributed by atoms with Crippen LogP contribution in [0.1, 0.15) is 51.9 Å². The van der Waals surface area contributed by atoms with E-state index < -0.39 is 0 Å². The van der Waals surface area contributed by atoms with Crippen LogP contribution in [0.4, 0.5) is 0 Å². The van der Waals surface area contributed by atoms with Crippen LogP contribution in [0.5, 0.6) is 0 Å². The van der Waals surface area contributed by atoms with Crippen molar-refractivity contribution >= 4 is 23.5 Å². The Hall–Kier alpha value is 0.360. The van der Waals surface area contributed by atoms with Gasteiger partial charge in [0, 0.05) is 0 Å². The first-order chi connectivity index (χ1) is 9.85. The van der Waals surface area contributed by atoms with Crippen LogP contribution >= 0.6 is 23.5 Å².